The Labute approximate surface area is 196 Å². The number of nitrogens with zero attached hydrogens (tertiary/aromatic N) is 1. The Bertz CT molecular complexity index is 1310. The molecule has 2 amide bonds. The Hall–Kier alpha value is -4.72. The van der Waals surface area contributed by atoms with Gasteiger partial charge in [0.15, 0.2) is 0 Å². The molecule has 0 radical (unpaired) electrons. The van der Waals surface area contributed by atoms with Gasteiger partial charge in [0, 0.05) is 28.6 Å². The fourth-order valence-corrected chi connectivity index (χ4v) is 3.59. The highest BCUT2D eigenvalue weighted by molar-refractivity contribution is 5.97. The molecule has 7 N–H and O–H groups in total. The Kier molecular flexibility index (Phi) is 6.49. The third kappa shape index (κ3) is 5.18. The van der Waals surface area contributed by atoms with E-state index in [1.807, 2.05) is 42.5 Å². The van der Waals surface area contributed by atoms with Gasteiger partial charge in [-0.2, -0.15) is 0 Å². The minimum Gasteiger partial charge on any atom is -0.384 e. The van der Waals surface area contributed by atoms with Crippen molar-refractivity contribution in [1.82, 2.24) is 9.97 Å². The zero-order valence-corrected chi connectivity index (χ0v) is 18.3. The molecule has 8 heteroatoms. The number of imidazole rings is 1. The number of hydrogen-bond acceptors (Lipinski definition) is 4. The highest BCUT2D eigenvalue weighted by atomic mass is 16.2. The average Bonchev–Trinajstić information content (AvgIpc) is 3.33. The van der Waals surface area contributed by atoms with Gasteiger partial charge in [0.1, 0.15) is 17.6 Å². The van der Waals surface area contributed by atoms with Crippen molar-refractivity contribution in [3.8, 4) is 11.3 Å². The molecular weight excluding hydrogens is 428 g/mol. The van der Waals surface area contributed by atoms with E-state index in [4.69, 9.17) is 16.9 Å². The monoisotopic (exact) mass is 452 g/mol. The van der Waals surface area contributed by atoms with E-state index in [2.05, 4.69) is 15.3 Å². The molecule has 0 saturated heterocycles. The SMILES string of the molecule is N=C(N)c1ccc(-c2c[nH]c(C(Cc3ccccc3)C(=O)Nc3ccc(C(N)=O)cc3)n2)cc1. The van der Waals surface area contributed by atoms with E-state index in [-0.39, 0.29) is 11.7 Å². The van der Waals surface area contributed by atoms with Crippen LogP contribution >= 0.6 is 0 Å². The molecule has 4 aromatic rings. The summed E-state index contributed by atoms with van der Waals surface area (Å²) in [5.74, 6) is -0.815. The second-order valence-corrected chi connectivity index (χ2v) is 7.84. The van der Waals surface area contributed by atoms with Crippen molar-refractivity contribution in [1.29, 1.82) is 5.41 Å². The van der Waals surface area contributed by atoms with Crippen molar-refractivity contribution >= 4 is 23.3 Å². The van der Waals surface area contributed by atoms with Gasteiger partial charge in [-0.3, -0.25) is 15.0 Å². The van der Waals surface area contributed by atoms with Crippen molar-refractivity contribution < 1.29 is 9.59 Å². The summed E-state index contributed by atoms with van der Waals surface area (Å²) in [6.45, 7) is 0. The summed E-state index contributed by atoms with van der Waals surface area (Å²) in [6.07, 6.45) is 2.20. The van der Waals surface area contributed by atoms with E-state index in [0.717, 1.165) is 11.1 Å². The highest BCUT2D eigenvalue weighted by Gasteiger charge is 2.25. The van der Waals surface area contributed by atoms with E-state index in [9.17, 15) is 9.59 Å². The third-order valence-electron chi connectivity index (χ3n) is 5.46. The number of primary amides is 1. The zero-order chi connectivity index (χ0) is 24.1. The maximum absolute atomic E-state index is 13.3. The van der Waals surface area contributed by atoms with Crippen molar-refractivity contribution in [2.24, 2.45) is 11.5 Å². The number of aromatic nitrogens is 2. The van der Waals surface area contributed by atoms with Crippen LogP contribution in [0.15, 0.2) is 85.1 Å². The van der Waals surface area contributed by atoms with Crippen LogP contribution in [-0.2, 0) is 11.2 Å². The second kappa shape index (κ2) is 9.83. The van der Waals surface area contributed by atoms with Crippen LogP contribution in [0.25, 0.3) is 11.3 Å². The number of amidine groups is 1. The van der Waals surface area contributed by atoms with Gasteiger partial charge in [0.2, 0.25) is 11.8 Å². The van der Waals surface area contributed by atoms with E-state index in [1.54, 1.807) is 42.6 Å². The second-order valence-electron chi connectivity index (χ2n) is 7.84. The average molecular weight is 453 g/mol. The summed E-state index contributed by atoms with van der Waals surface area (Å²) in [5.41, 5.74) is 14.9. The minimum absolute atomic E-state index is 0.00211. The molecule has 1 atom stereocenters. The molecular formula is C26H24N6O2. The maximum atomic E-state index is 13.3. The fourth-order valence-electron chi connectivity index (χ4n) is 3.59. The van der Waals surface area contributed by atoms with E-state index < -0.39 is 11.8 Å². The summed E-state index contributed by atoms with van der Waals surface area (Å²) in [5, 5.41) is 10.4. The van der Waals surface area contributed by atoms with Gasteiger partial charge >= 0.3 is 0 Å². The van der Waals surface area contributed by atoms with Crippen LogP contribution in [0.3, 0.4) is 0 Å². The largest absolute Gasteiger partial charge is 0.384 e. The van der Waals surface area contributed by atoms with Gasteiger partial charge in [-0.1, -0.05) is 54.6 Å². The van der Waals surface area contributed by atoms with Gasteiger partial charge < -0.3 is 21.8 Å². The third-order valence-corrected chi connectivity index (χ3v) is 5.46. The summed E-state index contributed by atoms with van der Waals surface area (Å²) < 4.78 is 0. The minimum atomic E-state index is -0.580. The van der Waals surface area contributed by atoms with Gasteiger partial charge in [0.25, 0.3) is 0 Å². The molecule has 1 heterocycles. The Balaban J connectivity index is 1.60. The van der Waals surface area contributed by atoms with Gasteiger partial charge in [-0.25, -0.2) is 4.98 Å². The first-order valence-corrected chi connectivity index (χ1v) is 10.7. The smallest absolute Gasteiger partial charge is 0.248 e. The van der Waals surface area contributed by atoms with Crippen molar-refractivity contribution in [2.45, 2.75) is 12.3 Å². The highest BCUT2D eigenvalue weighted by Crippen LogP contribution is 2.25. The Morgan fingerprint density at radius 3 is 2.18 bits per heavy atom. The van der Waals surface area contributed by atoms with Crippen LogP contribution in [0.4, 0.5) is 5.69 Å². The number of nitrogens with two attached hydrogens (primary N) is 2. The number of amides is 2. The Morgan fingerprint density at radius 1 is 0.912 bits per heavy atom. The molecule has 0 bridgehead atoms. The molecule has 0 saturated carbocycles. The first-order chi connectivity index (χ1) is 16.4. The number of nitrogens with one attached hydrogen (secondary N) is 3. The number of anilines is 1. The zero-order valence-electron chi connectivity index (χ0n) is 18.3. The Morgan fingerprint density at radius 2 is 1.56 bits per heavy atom. The summed E-state index contributed by atoms with van der Waals surface area (Å²) in [4.78, 5) is 32.5. The van der Waals surface area contributed by atoms with Gasteiger partial charge in [0.05, 0.1) is 5.69 Å². The lowest BCUT2D eigenvalue weighted by molar-refractivity contribution is -0.117. The van der Waals surface area contributed by atoms with Gasteiger partial charge in [-0.05, 0) is 36.2 Å². The topological polar surface area (TPSA) is 151 Å². The molecule has 4 rings (SSSR count). The molecule has 1 unspecified atom stereocenters. The quantitative estimate of drug-likeness (QED) is 0.205. The normalized spacial score (nSPS) is 11.5. The van der Waals surface area contributed by atoms with E-state index >= 15 is 0 Å². The first-order valence-electron chi connectivity index (χ1n) is 10.7. The number of hydrogen-bond donors (Lipinski definition) is 5. The fraction of sp³-hybridized carbons (Fsp3) is 0.0769. The number of carbonyl (C=O) groups is 2. The number of aromatic amines is 1. The molecule has 3 aromatic carbocycles. The van der Waals surface area contributed by atoms with E-state index in [0.29, 0.717) is 34.8 Å². The number of nitrogen functional groups attached to an aromatic ring is 1. The van der Waals surface area contributed by atoms with Crippen LogP contribution in [0, 0.1) is 5.41 Å². The predicted molar refractivity (Wildman–Crippen MR) is 132 cm³/mol. The lowest BCUT2D eigenvalue weighted by atomic mass is 9.97. The lowest BCUT2D eigenvalue weighted by Gasteiger charge is -2.15. The van der Waals surface area contributed by atoms with Crippen LogP contribution < -0.4 is 16.8 Å². The predicted octanol–water partition coefficient (Wildman–Crippen LogP) is 3.42. The van der Waals surface area contributed by atoms with Crippen LogP contribution in [0.5, 0.6) is 0 Å². The number of benzene rings is 3. The van der Waals surface area contributed by atoms with Crippen LogP contribution in [-0.4, -0.2) is 27.6 Å². The summed E-state index contributed by atoms with van der Waals surface area (Å²) in [6, 6.07) is 23.3. The molecule has 0 spiro atoms. The molecule has 8 nitrogen and oxygen atoms in total. The molecule has 1 aromatic heterocycles. The van der Waals surface area contributed by atoms with Crippen molar-refractivity contribution in [2.75, 3.05) is 5.32 Å². The number of carbonyl (C=O) groups excluding carboxylic acids is 2. The van der Waals surface area contributed by atoms with Gasteiger partial charge in [-0.15, -0.1) is 0 Å². The number of rotatable bonds is 8. The van der Waals surface area contributed by atoms with Crippen molar-refractivity contribution in [3.63, 3.8) is 0 Å². The first kappa shape index (κ1) is 22.5. The molecule has 0 aliphatic rings. The molecule has 0 fully saturated rings. The molecule has 170 valence electrons. The standard InChI is InChI=1S/C26H24N6O2/c27-23(28)18-8-6-17(7-9-18)22-15-30-25(32-22)21(14-16-4-2-1-3-5-16)26(34)31-20-12-10-19(11-13-20)24(29)33/h1-13,15,21H,14H2,(H3,27,28)(H2,29,33)(H,30,32)(H,31,34). The number of H-pyrrole nitrogens is 1. The molecule has 34 heavy (non-hydrogen) atoms. The van der Waals surface area contributed by atoms with Crippen LogP contribution in [0.2, 0.25) is 0 Å². The van der Waals surface area contributed by atoms with E-state index in [1.165, 1.54) is 0 Å². The maximum Gasteiger partial charge on any atom is 0.248 e. The van der Waals surface area contributed by atoms with Crippen LogP contribution in [0.1, 0.15) is 33.2 Å². The molecule has 0 aliphatic heterocycles. The summed E-state index contributed by atoms with van der Waals surface area (Å²) in [7, 11) is 0. The summed E-state index contributed by atoms with van der Waals surface area (Å²) >= 11 is 0. The van der Waals surface area contributed by atoms with Crippen molar-refractivity contribution in [3.05, 3.63) is 108 Å². The molecule has 0 aliphatic carbocycles. The lowest BCUT2D eigenvalue weighted by Crippen LogP contribution is -2.24.